The van der Waals surface area contributed by atoms with Crippen LogP contribution in [0.2, 0.25) is 0 Å². The molecule has 3 N–H and O–H groups in total. The summed E-state index contributed by atoms with van der Waals surface area (Å²) < 4.78 is 98.5. The molecule has 0 spiro atoms. The molecule has 1 atom stereocenters. The van der Waals surface area contributed by atoms with Crippen LogP contribution in [-0.4, -0.2) is 52.6 Å². The standard InChI is InChI=1S/3H2O4S.H3P.Y/c3*1-5(2,3)4;;/h3*(H2,1,2,3,4);1H3;/q;;;;+3/p-3. The Balaban J connectivity index is -0.0000000400. The predicted octanol–water partition coefficient (Wildman–Crippen LogP) is -2.93. The molecule has 17 heteroatoms. The molecule has 17 heavy (non-hydrogen) atoms. The van der Waals surface area contributed by atoms with Crippen LogP contribution in [0.25, 0.3) is 0 Å². The van der Waals surface area contributed by atoms with Crippen molar-refractivity contribution >= 4 is 41.1 Å². The second-order valence-electron chi connectivity index (χ2n) is 1.28. The van der Waals surface area contributed by atoms with Crippen molar-refractivity contribution in [1.82, 2.24) is 0 Å². The van der Waals surface area contributed by atoms with Crippen molar-refractivity contribution in [1.29, 1.82) is 0 Å². The average molecular weight is 414 g/mol. The van der Waals surface area contributed by atoms with Gasteiger partial charge < -0.3 is 13.7 Å². The molecule has 0 aromatic rings. The van der Waals surface area contributed by atoms with Crippen LogP contribution in [0.15, 0.2) is 0 Å². The van der Waals surface area contributed by atoms with E-state index >= 15 is 0 Å². The molecule has 1 unspecified atom stereocenters. The van der Waals surface area contributed by atoms with E-state index in [-0.39, 0.29) is 42.6 Å². The summed E-state index contributed by atoms with van der Waals surface area (Å²) in [5.41, 5.74) is 0. The van der Waals surface area contributed by atoms with Gasteiger partial charge in [0.2, 0.25) is 10.4 Å². The zero-order valence-corrected chi connectivity index (χ0v) is 14.2. The minimum Gasteiger partial charge on any atom is -0.759 e. The maximum atomic E-state index is 8.74. The normalized spacial score (nSPS) is 10.2. The second kappa shape index (κ2) is 12.2. The SMILES string of the molecule is O=S(=O)(O)O.O=S(=O)([O-])O.O=S(=O)([O-])[O-].P.[Y+3]. The van der Waals surface area contributed by atoms with Crippen LogP contribution in [0.5, 0.6) is 0 Å². The molecule has 0 heterocycles. The van der Waals surface area contributed by atoms with Gasteiger partial charge in [0.05, 0.1) is 0 Å². The van der Waals surface area contributed by atoms with Crippen molar-refractivity contribution in [3.05, 3.63) is 0 Å². The average Bonchev–Trinajstić information content (AvgIpc) is 1.41. The minimum absolute atomic E-state index is 0. The third kappa shape index (κ3) is 3000. The van der Waals surface area contributed by atoms with Gasteiger partial charge in [0.25, 0.3) is 0 Å². The van der Waals surface area contributed by atoms with E-state index in [2.05, 4.69) is 0 Å². The monoisotopic (exact) mass is 414 g/mol. The van der Waals surface area contributed by atoms with Crippen molar-refractivity contribution in [2.24, 2.45) is 0 Å². The summed E-state index contributed by atoms with van der Waals surface area (Å²) in [4.78, 5) is 0. The van der Waals surface area contributed by atoms with E-state index in [1.807, 2.05) is 0 Å². The van der Waals surface area contributed by atoms with Gasteiger partial charge in [-0.1, -0.05) is 0 Å². The molecule has 12 nitrogen and oxygen atoms in total. The van der Waals surface area contributed by atoms with Crippen molar-refractivity contribution in [2.75, 3.05) is 0 Å². The molecule has 0 aliphatic heterocycles. The molecule has 0 radical (unpaired) electrons. The molecule has 0 rings (SSSR count). The molecule has 0 saturated carbocycles. The molecule has 0 aromatic carbocycles. The molecule has 0 aromatic heterocycles. The molecule has 0 amide bonds. The quantitative estimate of drug-likeness (QED) is 0.205. The van der Waals surface area contributed by atoms with Crippen LogP contribution in [0, 0.1) is 0 Å². The van der Waals surface area contributed by atoms with E-state index in [0.717, 1.165) is 0 Å². The van der Waals surface area contributed by atoms with E-state index in [1.54, 1.807) is 0 Å². The molecule has 0 saturated heterocycles. The second-order valence-corrected chi connectivity index (χ2v) is 3.85. The first-order chi connectivity index (χ1) is 6.00. The number of hydrogen-bond acceptors (Lipinski definition) is 9. The molecular formula is H6O12PS3Y. The molecular weight excluding hydrogens is 408 g/mol. The maximum absolute atomic E-state index is 8.74. The largest absolute Gasteiger partial charge is 3.00 e. The predicted molar refractivity (Wildman–Crippen MR) is 48.1 cm³/mol. The van der Waals surface area contributed by atoms with Gasteiger partial charge in [0.15, 0.2) is 0 Å². The summed E-state index contributed by atoms with van der Waals surface area (Å²) in [5, 5.41) is 0. The summed E-state index contributed by atoms with van der Waals surface area (Å²) >= 11 is 0. The summed E-state index contributed by atoms with van der Waals surface area (Å²) in [6.07, 6.45) is 0. The van der Waals surface area contributed by atoms with Gasteiger partial charge in [0.1, 0.15) is 0 Å². The van der Waals surface area contributed by atoms with Crippen LogP contribution in [-0.2, 0) is 63.9 Å². The van der Waals surface area contributed by atoms with Crippen LogP contribution in [0.3, 0.4) is 0 Å². The Kier molecular flexibility index (Phi) is 22.1. The summed E-state index contributed by atoms with van der Waals surface area (Å²) in [5.74, 6) is 0. The Morgan fingerprint density at radius 3 is 0.706 bits per heavy atom. The third-order valence-electron chi connectivity index (χ3n) is 0. The van der Waals surface area contributed by atoms with Gasteiger partial charge in [-0.3, -0.25) is 22.1 Å². The zero-order chi connectivity index (χ0) is 13.5. The summed E-state index contributed by atoms with van der Waals surface area (Å²) in [6.45, 7) is 0. The van der Waals surface area contributed by atoms with E-state index in [4.69, 9.17) is 52.6 Å². The van der Waals surface area contributed by atoms with Crippen LogP contribution >= 0.6 is 9.90 Å². The molecule has 0 bridgehead atoms. The first-order valence-corrected chi connectivity index (χ1v) is 6.14. The fourth-order valence-corrected chi connectivity index (χ4v) is 0. The minimum atomic E-state index is -5.17. The fourth-order valence-electron chi connectivity index (χ4n) is 0. The Morgan fingerprint density at radius 2 is 0.706 bits per heavy atom. The van der Waals surface area contributed by atoms with Gasteiger partial charge in [-0.15, -0.1) is 0 Å². The van der Waals surface area contributed by atoms with Gasteiger partial charge in [-0.05, 0) is 0 Å². The molecule has 0 aliphatic rings. The first-order valence-electron chi connectivity index (χ1n) is 2.05. The Hall–Kier alpha value is 1.14. The van der Waals surface area contributed by atoms with E-state index < -0.39 is 31.2 Å². The Morgan fingerprint density at radius 1 is 0.706 bits per heavy atom. The van der Waals surface area contributed by atoms with Crippen LogP contribution in [0.4, 0.5) is 0 Å². The van der Waals surface area contributed by atoms with Crippen molar-refractivity contribution in [3.63, 3.8) is 0 Å². The van der Waals surface area contributed by atoms with E-state index in [9.17, 15) is 0 Å². The van der Waals surface area contributed by atoms with Crippen molar-refractivity contribution in [3.8, 4) is 0 Å². The van der Waals surface area contributed by atoms with Gasteiger partial charge in [-0.2, -0.15) is 18.3 Å². The first kappa shape index (κ1) is 30.9. The van der Waals surface area contributed by atoms with Gasteiger partial charge in [0, 0.05) is 10.4 Å². The maximum Gasteiger partial charge on any atom is 3.00 e. The van der Waals surface area contributed by atoms with Crippen LogP contribution in [0.1, 0.15) is 0 Å². The molecule has 104 valence electrons. The van der Waals surface area contributed by atoms with Crippen molar-refractivity contribution in [2.45, 2.75) is 0 Å². The molecule has 0 aliphatic carbocycles. The smallest absolute Gasteiger partial charge is 0.759 e. The van der Waals surface area contributed by atoms with E-state index in [0.29, 0.717) is 0 Å². The third-order valence-corrected chi connectivity index (χ3v) is 0. The molecule has 0 fully saturated rings. The van der Waals surface area contributed by atoms with Gasteiger partial charge >= 0.3 is 43.1 Å². The number of rotatable bonds is 0. The number of hydrogen-bond donors (Lipinski definition) is 3. The van der Waals surface area contributed by atoms with E-state index in [1.165, 1.54) is 0 Å². The Bertz CT molecular complexity index is 343. The fraction of sp³-hybridized carbons (Fsp3) is 0. The van der Waals surface area contributed by atoms with Gasteiger partial charge in [-0.25, -0.2) is 8.42 Å². The summed E-state index contributed by atoms with van der Waals surface area (Å²) in [7, 11) is -14.7. The summed E-state index contributed by atoms with van der Waals surface area (Å²) in [6, 6.07) is 0. The zero-order valence-electron chi connectivity index (χ0n) is 7.53. The Labute approximate surface area is 125 Å². The van der Waals surface area contributed by atoms with Crippen LogP contribution < -0.4 is 0 Å². The van der Waals surface area contributed by atoms with Crippen molar-refractivity contribution < 1.29 is 85.3 Å². The topological polar surface area (TPSA) is 232 Å².